The zero-order valence-electron chi connectivity index (χ0n) is 9.62. The molecular formula is C13H12BrClN2S. The van der Waals surface area contributed by atoms with Crippen molar-refractivity contribution in [3.05, 3.63) is 43.6 Å². The summed E-state index contributed by atoms with van der Waals surface area (Å²) in [7, 11) is 0. The molecule has 0 fully saturated rings. The van der Waals surface area contributed by atoms with Crippen molar-refractivity contribution < 1.29 is 0 Å². The summed E-state index contributed by atoms with van der Waals surface area (Å²) in [6.07, 6.45) is 3.55. The van der Waals surface area contributed by atoms with E-state index >= 15 is 0 Å². The Morgan fingerprint density at radius 3 is 3.17 bits per heavy atom. The lowest BCUT2D eigenvalue weighted by Crippen LogP contribution is -2.16. The van der Waals surface area contributed by atoms with Crippen LogP contribution >= 0.6 is 38.9 Å². The van der Waals surface area contributed by atoms with Gasteiger partial charge in [-0.25, -0.2) is 4.98 Å². The highest BCUT2D eigenvalue weighted by Crippen LogP contribution is 2.39. The van der Waals surface area contributed by atoms with Gasteiger partial charge in [0.1, 0.15) is 11.0 Å². The molecule has 5 heteroatoms. The molecule has 2 nitrogen and oxygen atoms in total. The Kier molecular flexibility index (Phi) is 3.59. The molecule has 1 N–H and O–H groups in total. The van der Waals surface area contributed by atoms with Crippen molar-refractivity contribution in [2.45, 2.75) is 25.3 Å². The van der Waals surface area contributed by atoms with Gasteiger partial charge in [0.15, 0.2) is 0 Å². The number of hydrogen-bond donors (Lipinski definition) is 1. The predicted octanol–water partition coefficient (Wildman–Crippen LogP) is 5.05. The van der Waals surface area contributed by atoms with Gasteiger partial charge < -0.3 is 5.32 Å². The van der Waals surface area contributed by atoms with E-state index in [4.69, 9.17) is 11.6 Å². The van der Waals surface area contributed by atoms with Crippen LogP contribution in [0.1, 0.15) is 29.3 Å². The van der Waals surface area contributed by atoms with Gasteiger partial charge in [-0.3, -0.25) is 0 Å². The minimum atomic E-state index is 0.349. The van der Waals surface area contributed by atoms with E-state index in [-0.39, 0.29) is 0 Å². The number of nitrogens with zero attached hydrogens (tertiary/aromatic N) is 1. The Labute approximate surface area is 124 Å². The number of rotatable bonds is 2. The number of nitrogens with one attached hydrogen (secondary N) is 1. The minimum absolute atomic E-state index is 0.349. The third kappa shape index (κ3) is 2.56. The second-order valence-corrected chi connectivity index (χ2v) is 7.27. The molecule has 94 valence electrons. The van der Waals surface area contributed by atoms with Crippen molar-refractivity contribution in [3.63, 3.8) is 0 Å². The fourth-order valence-electron chi connectivity index (χ4n) is 2.34. The summed E-state index contributed by atoms with van der Waals surface area (Å²) in [5.41, 5.74) is 1.40. The lowest BCUT2D eigenvalue weighted by atomic mass is 9.94. The summed E-state index contributed by atoms with van der Waals surface area (Å²) in [4.78, 5) is 5.77. The van der Waals surface area contributed by atoms with Crippen LogP contribution in [0, 0.1) is 0 Å². The largest absolute Gasteiger partial charge is 0.363 e. The number of hydrogen-bond acceptors (Lipinski definition) is 3. The molecular weight excluding hydrogens is 332 g/mol. The van der Waals surface area contributed by atoms with Crippen LogP contribution in [0.3, 0.4) is 0 Å². The molecule has 2 heterocycles. The highest BCUT2D eigenvalue weighted by atomic mass is 79.9. The Morgan fingerprint density at radius 2 is 2.33 bits per heavy atom. The number of aryl methyl sites for hydroxylation is 1. The quantitative estimate of drug-likeness (QED) is 0.772. The van der Waals surface area contributed by atoms with Gasteiger partial charge in [0.25, 0.3) is 0 Å². The molecule has 3 rings (SSSR count). The van der Waals surface area contributed by atoms with Crippen molar-refractivity contribution in [1.29, 1.82) is 0 Å². The maximum absolute atomic E-state index is 5.91. The van der Waals surface area contributed by atoms with Crippen LogP contribution in [0.15, 0.2) is 28.1 Å². The van der Waals surface area contributed by atoms with Crippen molar-refractivity contribution in [3.8, 4) is 0 Å². The number of fused-ring (bicyclic) bond motifs is 1. The molecule has 0 saturated carbocycles. The van der Waals surface area contributed by atoms with Gasteiger partial charge in [0, 0.05) is 4.88 Å². The van der Waals surface area contributed by atoms with Crippen LogP contribution in [-0.4, -0.2) is 4.98 Å². The summed E-state index contributed by atoms with van der Waals surface area (Å²) in [6.45, 7) is 0. The number of aromatic nitrogens is 1. The summed E-state index contributed by atoms with van der Waals surface area (Å²) >= 11 is 11.3. The molecule has 0 bridgehead atoms. The molecule has 2 aromatic heterocycles. The highest BCUT2D eigenvalue weighted by molar-refractivity contribution is 9.11. The van der Waals surface area contributed by atoms with Crippen LogP contribution in [0.5, 0.6) is 0 Å². The smallest absolute Gasteiger partial charge is 0.131 e. The van der Waals surface area contributed by atoms with Gasteiger partial charge in [-0.15, -0.1) is 11.3 Å². The van der Waals surface area contributed by atoms with E-state index in [1.165, 1.54) is 27.1 Å². The van der Waals surface area contributed by atoms with Crippen LogP contribution in [0.2, 0.25) is 5.15 Å². The summed E-state index contributed by atoms with van der Waals surface area (Å²) < 4.78 is 1.21. The Hall–Kier alpha value is -0.580. The van der Waals surface area contributed by atoms with E-state index in [9.17, 15) is 0 Å². The first-order chi connectivity index (χ1) is 8.72. The fourth-order valence-corrected chi connectivity index (χ4v) is 4.32. The molecule has 2 aromatic rings. The topological polar surface area (TPSA) is 24.9 Å². The SMILES string of the molecule is Clc1cccc(NC2CCCc3sc(Br)cc32)n1. The molecule has 1 aliphatic rings. The van der Waals surface area contributed by atoms with Crippen molar-refractivity contribution in [1.82, 2.24) is 4.98 Å². The summed E-state index contributed by atoms with van der Waals surface area (Å²) in [5.74, 6) is 0.850. The molecule has 0 aromatic carbocycles. The van der Waals surface area contributed by atoms with E-state index in [1.807, 2.05) is 23.5 Å². The first-order valence-electron chi connectivity index (χ1n) is 5.89. The van der Waals surface area contributed by atoms with Gasteiger partial charge in [0.2, 0.25) is 0 Å². The third-order valence-corrected chi connectivity index (χ3v) is 5.05. The third-order valence-electron chi connectivity index (χ3n) is 3.12. The normalized spacial score (nSPS) is 18.4. The molecule has 0 saturated heterocycles. The molecule has 0 aliphatic heterocycles. The van der Waals surface area contributed by atoms with Crippen LogP contribution in [0.25, 0.3) is 0 Å². The minimum Gasteiger partial charge on any atom is -0.363 e. The number of halogens is 2. The molecule has 0 amide bonds. The Bertz CT molecular complexity index is 570. The fraction of sp³-hybridized carbons (Fsp3) is 0.308. The maximum Gasteiger partial charge on any atom is 0.131 e. The zero-order chi connectivity index (χ0) is 12.5. The molecule has 0 spiro atoms. The van der Waals surface area contributed by atoms with E-state index in [0.29, 0.717) is 11.2 Å². The second-order valence-electron chi connectivity index (χ2n) is 4.36. The standard InChI is InChI=1S/C13H12BrClN2S/c14-11-7-8-9(3-1-4-10(8)18-11)16-13-6-2-5-12(15)17-13/h2,5-7,9H,1,3-4H2,(H,16,17). The monoisotopic (exact) mass is 342 g/mol. The maximum atomic E-state index is 5.91. The number of pyridine rings is 1. The first kappa shape index (κ1) is 12.5. The molecule has 18 heavy (non-hydrogen) atoms. The lowest BCUT2D eigenvalue weighted by Gasteiger charge is -2.24. The van der Waals surface area contributed by atoms with Gasteiger partial charge in [-0.05, 0) is 59.0 Å². The molecule has 1 aliphatic carbocycles. The van der Waals surface area contributed by atoms with E-state index < -0.39 is 0 Å². The molecule has 0 radical (unpaired) electrons. The molecule has 1 unspecified atom stereocenters. The number of thiophene rings is 1. The lowest BCUT2D eigenvalue weighted by molar-refractivity contribution is 0.607. The summed E-state index contributed by atoms with van der Waals surface area (Å²) in [5, 5.41) is 4.01. The van der Waals surface area contributed by atoms with E-state index in [1.54, 1.807) is 6.07 Å². The van der Waals surface area contributed by atoms with E-state index in [2.05, 4.69) is 32.3 Å². The summed E-state index contributed by atoms with van der Waals surface area (Å²) in [6, 6.07) is 8.25. The van der Waals surface area contributed by atoms with Crippen molar-refractivity contribution in [2.75, 3.05) is 5.32 Å². The van der Waals surface area contributed by atoms with Crippen LogP contribution < -0.4 is 5.32 Å². The van der Waals surface area contributed by atoms with Crippen molar-refractivity contribution in [2.24, 2.45) is 0 Å². The predicted molar refractivity (Wildman–Crippen MR) is 80.6 cm³/mol. The van der Waals surface area contributed by atoms with Gasteiger partial charge >= 0.3 is 0 Å². The van der Waals surface area contributed by atoms with Crippen LogP contribution in [-0.2, 0) is 6.42 Å². The van der Waals surface area contributed by atoms with Gasteiger partial charge in [-0.1, -0.05) is 17.7 Å². The highest BCUT2D eigenvalue weighted by Gasteiger charge is 2.22. The van der Waals surface area contributed by atoms with Gasteiger partial charge in [0.05, 0.1) is 9.83 Å². The van der Waals surface area contributed by atoms with Crippen LogP contribution in [0.4, 0.5) is 5.82 Å². The second kappa shape index (κ2) is 5.19. The zero-order valence-corrected chi connectivity index (χ0v) is 12.8. The average Bonchev–Trinajstić information content (AvgIpc) is 2.71. The molecule has 1 atom stereocenters. The Morgan fingerprint density at radius 1 is 1.44 bits per heavy atom. The Balaban J connectivity index is 1.86. The van der Waals surface area contributed by atoms with E-state index in [0.717, 1.165) is 12.2 Å². The average molecular weight is 344 g/mol. The first-order valence-corrected chi connectivity index (χ1v) is 7.88. The number of anilines is 1. The van der Waals surface area contributed by atoms with Crippen molar-refractivity contribution >= 4 is 44.7 Å². The van der Waals surface area contributed by atoms with Gasteiger partial charge in [-0.2, -0.15) is 0 Å².